The number of likely N-dealkylation sites (N-methyl/N-ethyl adjacent to an activating group) is 1. The maximum absolute atomic E-state index is 3.69. The van der Waals surface area contributed by atoms with E-state index in [-0.39, 0.29) is 0 Å². The first-order valence-electron chi connectivity index (χ1n) is 7.38. The summed E-state index contributed by atoms with van der Waals surface area (Å²) in [6, 6.07) is 11.6. The van der Waals surface area contributed by atoms with Crippen LogP contribution in [-0.4, -0.2) is 30.6 Å². The second-order valence-electron chi connectivity index (χ2n) is 5.29. The first-order chi connectivity index (χ1) is 8.88. The minimum absolute atomic E-state index is 0.792. The number of nitrogens with zero attached hydrogens (tertiary/aromatic N) is 1. The summed E-state index contributed by atoms with van der Waals surface area (Å²) in [5.74, 6) is 0. The molecule has 2 nitrogen and oxygen atoms in total. The lowest BCUT2D eigenvalue weighted by atomic mass is 10.2. The van der Waals surface area contributed by atoms with Gasteiger partial charge in [-0.05, 0) is 24.9 Å². The molecule has 0 amide bonds. The Labute approximate surface area is 111 Å². The molecule has 2 rings (SSSR count). The molecule has 2 heteroatoms. The van der Waals surface area contributed by atoms with Gasteiger partial charge in [0.1, 0.15) is 0 Å². The molecule has 0 bridgehead atoms. The molecule has 0 spiro atoms. The molecule has 1 aliphatic carbocycles. The Hall–Kier alpha value is -0.860. The molecule has 0 aromatic heterocycles. The van der Waals surface area contributed by atoms with E-state index in [0.29, 0.717) is 0 Å². The normalized spacial score (nSPS) is 16.6. The van der Waals surface area contributed by atoms with Crippen molar-refractivity contribution in [2.45, 2.75) is 45.2 Å². The summed E-state index contributed by atoms with van der Waals surface area (Å²) in [6.45, 7) is 6.73. The zero-order valence-corrected chi connectivity index (χ0v) is 11.6. The Kier molecular flexibility index (Phi) is 5.69. The van der Waals surface area contributed by atoms with Crippen LogP contribution < -0.4 is 5.32 Å². The van der Waals surface area contributed by atoms with Crippen LogP contribution in [0.5, 0.6) is 0 Å². The first kappa shape index (κ1) is 13.6. The van der Waals surface area contributed by atoms with Gasteiger partial charge in [0.05, 0.1) is 0 Å². The molecule has 1 aliphatic rings. The molecule has 0 aliphatic heterocycles. The van der Waals surface area contributed by atoms with Crippen molar-refractivity contribution in [1.82, 2.24) is 10.2 Å². The van der Waals surface area contributed by atoms with Gasteiger partial charge in [-0.1, -0.05) is 50.1 Å². The summed E-state index contributed by atoms with van der Waals surface area (Å²) in [7, 11) is 0. The highest BCUT2D eigenvalue weighted by atomic mass is 15.1. The molecule has 0 unspecified atom stereocenters. The largest absolute Gasteiger partial charge is 0.313 e. The Bertz CT molecular complexity index is 317. The van der Waals surface area contributed by atoms with Crippen LogP contribution in [0.3, 0.4) is 0 Å². The minimum atomic E-state index is 0.792. The summed E-state index contributed by atoms with van der Waals surface area (Å²) in [5.41, 5.74) is 1.42. The smallest absolute Gasteiger partial charge is 0.0234 e. The molecule has 1 N–H and O–H groups in total. The van der Waals surface area contributed by atoms with E-state index in [1.807, 2.05) is 0 Å². The third-order valence-electron chi connectivity index (χ3n) is 3.91. The van der Waals surface area contributed by atoms with Crippen molar-refractivity contribution < 1.29 is 0 Å². The molecule has 1 fully saturated rings. The van der Waals surface area contributed by atoms with Gasteiger partial charge in [0, 0.05) is 25.7 Å². The minimum Gasteiger partial charge on any atom is -0.313 e. The highest BCUT2D eigenvalue weighted by Gasteiger charge is 2.13. The molecule has 1 aromatic rings. The molecule has 0 heterocycles. The van der Waals surface area contributed by atoms with E-state index in [9.17, 15) is 0 Å². The van der Waals surface area contributed by atoms with Crippen LogP contribution in [-0.2, 0) is 6.54 Å². The van der Waals surface area contributed by atoms with Crippen molar-refractivity contribution in [3.63, 3.8) is 0 Å². The van der Waals surface area contributed by atoms with Gasteiger partial charge in [-0.3, -0.25) is 4.90 Å². The second kappa shape index (κ2) is 7.55. The topological polar surface area (TPSA) is 15.3 Å². The maximum atomic E-state index is 3.69. The van der Waals surface area contributed by atoms with E-state index in [2.05, 4.69) is 47.5 Å². The molecular formula is C16H26N2. The predicted octanol–water partition coefficient (Wildman–Crippen LogP) is 3.04. The molecule has 100 valence electrons. The average Bonchev–Trinajstić information content (AvgIpc) is 2.92. The first-order valence-corrected chi connectivity index (χ1v) is 7.38. The molecule has 1 aromatic carbocycles. The monoisotopic (exact) mass is 246 g/mol. The number of nitrogens with one attached hydrogen (secondary N) is 1. The van der Waals surface area contributed by atoms with Crippen molar-refractivity contribution >= 4 is 0 Å². The summed E-state index contributed by atoms with van der Waals surface area (Å²) in [6.07, 6.45) is 5.59. The van der Waals surface area contributed by atoms with E-state index in [0.717, 1.165) is 32.2 Å². The number of hydrogen-bond acceptors (Lipinski definition) is 2. The zero-order chi connectivity index (χ0) is 12.6. The van der Waals surface area contributed by atoms with Gasteiger partial charge >= 0.3 is 0 Å². The van der Waals surface area contributed by atoms with Gasteiger partial charge in [0.25, 0.3) is 0 Å². The van der Waals surface area contributed by atoms with E-state index < -0.39 is 0 Å². The molecule has 0 radical (unpaired) electrons. The van der Waals surface area contributed by atoms with E-state index in [4.69, 9.17) is 0 Å². The Morgan fingerprint density at radius 1 is 1.17 bits per heavy atom. The van der Waals surface area contributed by atoms with Gasteiger partial charge in [0.15, 0.2) is 0 Å². The maximum Gasteiger partial charge on any atom is 0.0234 e. The fraction of sp³-hybridized carbons (Fsp3) is 0.625. The van der Waals surface area contributed by atoms with Gasteiger partial charge < -0.3 is 5.32 Å². The second-order valence-corrected chi connectivity index (χ2v) is 5.29. The average molecular weight is 246 g/mol. The summed E-state index contributed by atoms with van der Waals surface area (Å²) < 4.78 is 0. The van der Waals surface area contributed by atoms with Crippen LogP contribution in [0.4, 0.5) is 0 Å². The lowest BCUT2D eigenvalue weighted by Gasteiger charge is -2.22. The lowest BCUT2D eigenvalue weighted by Crippen LogP contribution is -2.35. The standard InChI is InChI=1S/C16H26N2/c1-2-18(14-15-8-4-3-5-9-15)13-12-17-16-10-6-7-11-16/h3-5,8-9,16-17H,2,6-7,10-14H2,1H3. The van der Waals surface area contributed by atoms with Gasteiger partial charge in [0.2, 0.25) is 0 Å². The Balaban J connectivity index is 1.68. The molecule has 0 saturated heterocycles. The van der Waals surface area contributed by atoms with E-state index in [1.54, 1.807) is 0 Å². The van der Waals surface area contributed by atoms with Crippen molar-refractivity contribution in [3.8, 4) is 0 Å². The SMILES string of the molecule is CCN(CCNC1CCCC1)Cc1ccccc1. The number of hydrogen-bond donors (Lipinski definition) is 1. The summed E-state index contributed by atoms with van der Waals surface area (Å²) in [4.78, 5) is 2.51. The fourth-order valence-corrected chi connectivity index (χ4v) is 2.75. The highest BCUT2D eigenvalue weighted by Crippen LogP contribution is 2.17. The van der Waals surface area contributed by atoms with Gasteiger partial charge in [-0.2, -0.15) is 0 Å². The number of benzene rings is 1. The van der Waals surface area contributed by atoms with Crippen molar-refractivity contribution in [2.75, 3.05) is 19.6 Å². The third-order valence-corrected chi connectivity index (χ3v) is 3.91. The third kappa shape index (κ3) is 4.43. The van der Waals surface area contributed by atoms with Crippen LogP contribution in [0.25, 0.3) is 0 Å². The zero-order valence-electron chi connectivity index (χ0n) is 11.6. The summed E-state index contributed by atoms with van der Waals surface area (Å²) in [5, 5.41) is 3.69. The van der Waals surface area contributed by atoms with Crippen molar-refractivity contribution in [3.05, 3.63) is 35.9 Å². The van der Waals surface area contributed by atoms with Crippen LogP contribution in [0.2, 0.25) is 0 Å². The fourth-order valence-electron chi connectivity index (χ4n) is 2.75. The van der Waals surface area contributed by atoms with Gasteiger partial charge in [-0.15, -0.1) is 0 Å². The van der Waals surface area contributed by atoms with Crippen LogP contribution in [0.15, 0.2) is 30.3 Å². The molecule has 1 saturated carbocycles. The molecule has 0 atom stereocenters. The molecule has 18 heavy (non-hydrogen) atoms. The molecular weight excluding hydrogens is 220 g/mol. The highest BCUT2D eigenvalue weighted by molar-refractivity contribution is 5.14. The van der Waals surface area contributed by atoms with E-state index >= 15 is 0 Å². The van der Waals surface area contributed by atoms with Crippen LogP contribution in [0, 0.1) is 0 Å². The predicted molar refractivity (Wildman–Crippen MR) is 77.7 cm³/mol. The van der Waals surface area contributed by atoms with Crippen LogP contribution in [0.1, 0.15) is 38.2 Å². The van der Waals surface area contributed by atoms with Gasteiger partial charge in [-0.25, -0.2) is 0 Å². The van der Waals surface area contributed by atoms with Crippen molar-refractivity contribution in [1.29, 1.82) is 0 Å². The van der Waals surface area contributed by atoms with E-state index in [1.165, 1.54) is 31.2 Å². The van der Waals surface area contributed by atoms with Crippen LogP contribution >= 0.6 is 0 Å². The Morgan fingerprint density at radius 2 is 1.89 bits per heavy atom. The van der Waals surface area contributed by atoms with Crippen molar-refractivity contribution in [2.24, 2.45) is 0 Å². The summed E-state index contributed by atoms with van der Waals surface area (Å²) >= 11 is 0. The lowest BCUT2D eigenvalue weighted by molar-refractivity contribution is 0.274. The quantitative estimate of drug-likeness (QED) is 0.795. The Morgan fingerprint density at radius 3 is 2.56 bits per heavy atom. The number of rotatable bonds is 7.